The maximum Gasteiger partial charge on any atom is 0.333 e. The molecule has 6 nitrogen and oxygen atoms in total. The second kappa shape index (κ2) is 3.39. The van der Waals surface area contributed by atoms with Crippen LogP contribution in [0.25, 0.3) is 5.69 Å². The Hall–Kier alpha value is -1.82. The van der Waals surface area contributed by atoms with Crippen LogP contribution >= 0.6 is 11.6 Å². The summed E-state index contributed by atoms with van der Waals surface area (Å²) in [4.78, 5) is 21.3. The minimum atomic E-state index is -0.448. The molecule has 0 saturated carbocycles. The van der Waals surface area contributed by atoms with Crippen molar-refractivity contribution in [3.63, 3.8) is 0 Å². The molecule has 7 heteroatoms. The molecule has 0 bridgehead atoms. The van der Waals surface area contributed by atoms with Gasteiger partial charge in [-0.1, -0.05) is 0 Å². The summed E-state index contributed by atoms with van der Waals surface area (Å²) in [6.45, 7) is 1.59. The summed E-state index contributed by atoms with van der Waals surface area (Å²) in [7, 11) is 0. The number of aromatic amines is 1. The van der Waals surface area contributed by atoms with E-state index in [9.17, 15) is 9.90 Å². The van der Waals surface area contributed by atoms with Gasteiger partial charge in [-0.25, -0.2) is 19.3 Å². The van der Waals surface area contributed by atoms with Crippen molar-refractivity contribution >= 4 is 11.6 Å². The average Bonchev–Trinajstić information content (AvgIpc) is 2.44. The van der Waals surface area contributed by atoms with Crippen LogP contribution in [0.5, 0.6) is 5.88 Å². The van der Waals surface area contributed by atoms with E-state index in [4.69, 9.17) is 11.6 Å². The highest BCUT2D eigenvalue weighted by Crippen LogP contribution is 2.16. The molecule has 0 fully saturated rings. The van der Waals surface area contributed by atoms with Gasteiger partial charge in [-0.3, -0.25) is 0 Å². The first-order valence-corrected chi connectivity index (χ1v) is 4.46. The van der Waals surface area contributed by atoms with E-state index in [0.717, 1.165) is 4.57 Å². The molecule has 78 valence electrons. The third-order valence-corrected chi connectivity index (χ3v) is 2.10. The Morgan fingerprint density at radius 1 is 1.47 bits per heavy atom. The van der Waals surface area contributed by atoms with Gasteiger partial charge in [-0.15, -0.1) is 0 Å². The van der Waals surface area contributed by atoms with Gasteiger partial charge < -0.3 is 10.1 Å². The van der Waals surface area contributed by atoms with Crippen LogP contribution in [0.3, 0.4) is 0 Å². The highest BCUT2D eigenvalue weighted by atomic mass is 35.5. The topological polar surface area (TPSA) is 83.8 Å². The lowest BCUT2D eigenvalue weighted by Gasteiger charge is -2.01. The second-order valence-electron chi connectivity index (χ2n) is 2.92. The van der Waals surface area contributed by atoms with E-state index in [1.165, 1.54) is 12.4 Å². The zero-order valence-corrected chi connectivity index (χ0v) is 8.49. The Labute approximate surface area is 89.2 Å². The zero-order chi connectivity index (χ0) is 11.0. The van der Waals surface area contributed by atoms with E-state index in [-0.39, 0.29) is 11.2 Å². The predicted octanol–water partition coefficient (Wildman–Crippen LogP) is 0.623. The van der Waals surface area contributed by atoms with E-state index in [1.54, 1.807) is 6.92 Å². The minimum absolute atomic E-state index is 0.0820. The number of hydrogen-bond donors (Lipinski definition) is 2. The minimum Gasteiger partial charge on any atom is -0.493 e. The number of nitrogens with one attached hydrogen (secondary N) is 1. The van der Waals surface area contributed by atoms with Gasteiger partial charge in [-0.2, -0.15) is 0 Å². The SMILES string of the molecule is Cc1[nH]c(=O)n(-c2cnc(Cl)nc2)c1O. The molecule has 2 rings (SSSR count). The quantitative estimate of drug-likeness (QED) is 0.699. The molecule has 0 saturated heterocycles. The second-order valence-corrected chi connectivity index (χ2v) is 3.26. The van der Waals surface area contributed by atoms with Gasteiger partial charge in [0, 0.05) is 0 Å². The van der Waals surface area contributed by atoms with Crippen molar-refractivity contribution < 1.29 is 5.11 Å². The summed E-state index contributed by atoms with van der Waals surface area (Å²) in [6, 6.07) is 0. The molecule has 2 aromatic heterocycles. The molecule has 0 spiro atoms. The van der Waals surface area contributed by atoms with Gasteiger partial charge >= 0.3 is 5.69 Å². The van der Waals surface area contributed by atoms with E-state index < -0.39 is 5.69 Å². The summed E-state index contributed by atoms with van der Waals surface area (Å²) in [5, 5.41) is 9.67. The predicted molar refractivity (Wildman–Crippen MR) is 53.4 cm³/mol. The fraction of sp³-hybridized carbons (Fsp3) is 0.125. The van der Waals surface area contributed by atoms with Crippen LogP contribution in [-0.2, 0) is 0 Å². The Kier molecular flexibility index (Phi) is 2.20. The third-order valence-electron chi connectivity index (χ3n) is 1.91. The number of aromatic hydroxyl groups is 1. The molecular weight excluding hydrogens is 220 g/mol. The molecule has 2 heterocycles. The van der Waals surface area contributed by atoms with Crippen LogP contribution in [0.1, 0.15) is 5.69 Å². The monoisotopic (exact) mass is 226 g/mol. The van der Waals surface area contributed by atoms with Crippen molar-refractivity contribution in [2.45, 2.75) is 6.92 Å². The fourth-order valence-electron chi connectivity index (χ4n) is 1.20. The normalized spacial score (nSPS) is 10.5. The lowest BCUT2D eigenvalue weighted by molar-refractivity contribution is 0.436. The lowest BCUT2D eigenvalue weighted by atomic mass is 10.5. The molecule has 0 aliphatic heterocycles. The number of nitrogens with zero attached hydrogens (tertiary/aromatic N) is 3. The van der Waals surface area contributed by atoms with Gasteiger partial charge in [0.1, 0.15) is 0 Å². The van der Waals surface area contributed by atoms with Crippen molar-refractivity contribution in [3.8, 4) is 11.6 Å². The van der Waals surface area contributed by atoms with Crippen LogP contribution in [0.15, 0.2) is 17.2 Å². The first-order chi connectivity index (χ1) is 7.09. The number of hydrogen-bond acceptors (Lipinski definition) is 4. The molecule has 0 aromatic carbocycles. The summed E-state index contributed by atoms with van der Waals surface area (Å²) in [5.41, 5.74) is 0.289. The standard InChI is InChI=1S/C8H7ClN4O2/c1-4-6(14)13(8(15)12-4)5-2-10-7(9)11-3-5/h2-3,14H,1H3,(H,12,15). The van der Waals surface area contributed by atoms with E-state index in [0.29, 0.717) is 11.4 Å². The summed E-state index contributed by atoms with van der Waals surface area (Å²) in [5.74, 6) is -0.161. The van der Waals surface area contributed by atoms with Crippen LogP contribution in [0.4, 0.5) is 0 Å². The lowest BCUT2D eigenvalue weighted by Crippen LogP contribution is -2.14. The Balaban J connectivity index is 2.64. The van der Waals surface area contributed by atoms with Gasteiger partial charge in [0.05, 0.1) is 23.8 Å². The van der Waals surface area contributed by atoms with Gasteiger partial charge in [0.25, 0.3) is 0 Å². The molecule has 0 radical (unpaired) electrons. The summed E-state index contributed by atoms with van der Waals surface area (Å²) >= 11 is 5.50. The first kappa shape index (κ1) is 9.72. The summed E-state index contributed by atoms with van der Waals surface area (Å²) < 4.78 is 1.06. The Bertz CT molecular complexity index is 543. The number of H-pyrrole nitrogens is 1. The van der Waals surface area contributed by atoms with Crippen molar-refractivity contribution in [2.24, 2.45) is 0 Å². The number of halogens is 1. The largest absolute Gasteiger partial charge is 0.493 e. The molecule has 0 unspecified atom stereocenters. The van der Waals surface area contributed by atoms with Crippen molar-refractivity contribution in [1.29, 1.82) is 0 Å². The van der Waals surface area contributed by atoms with E-state index in [1.807, 2.05) is 0 Å². The van der Waals surface area contributed by atoms with E-state index in [2.05, 4.69) is 15.0 Å². The van der Waals surface area contributed by atoms with E-state index >= 15 is 0 Å². The van der Waals surface area contributed by atoms with Gasteiger partial charge in [0.2, 0.25) is 11.2 Å². The summed E-state index contributed by atoms with van der Waals surface area (Å²) in [6.07, 6.45) is 2.70. The molecule has 2 aromatic rings. The number of imidazole rings is 1. The highest BCUT2D eigenvalue weighted by molar-refractivity contribution is 6.28. The van der Waals surface area contributed by atoms with Crippen LogP contribution in [0, 0.1) is 6.92 Å². The van der Waals surface area contributed by atoms with Crippen molar-refractivity contribution in [2.75, 3.05) is 0 Å². The maximum atomic E-state index is 11.4. The average molecular weight is 227 g/mol. The van der Waals surface area contributed by atoms with Crippen LogP contribution < -0.4 is 5.69 Å². The van der Waals surface area contributed by atoms with Gasteiger partial charge in [-0.05, 0) is 18.5 Å². The maximum absolute atomic E-state index is 11.4. The molecular formula is C8H7ClN4O2. The first-order valence-electron chi connectivity index (χ1n) is 4.08. The number of aromatic nitrogens is 4. The molecule has 0 amide bonds. The molecule has 15 heavy (non-hydrogen) atoms. The Morgan fingerprint density at radius 3 is 2.53 bits per heavy atom. The zero-order valence-electron chi connectivity index (χ0n) is 7.73. The van der Waals surface area contributed by atoms with Gasteiger partial charge in [0.15, 0.2) is 0 Å². The highest BCUT2D eigenvalue weighted by Gasteiger charge is 2.11. The fourth-order valence-corrected chi connectivity index (χ4v) is 1.29. The van der Waals surface area contributed by atoms with Crippen LogP contribution in [0.2, 0.25) is 5.28 Å². The Morgan fingerprint density at radius 2 is 2.07 bits per heavy atom. The third kappa shape index (κ3) is 1.59. The molecule has 0 aliphatic rings. The molecule has 0 aliphatic carbocycles. The molecule has 0 atom stereocenters. The smallest absolute Gasteiger partial charge is 0.333 e. The molecule has 2 N–H and O–H groups in total. The number of rotatable bonds is 1. The van der Waals surface area contributed by atoms with Crippen molar-refractivity contribution in [3.05, 3.63) is 33.9 Å². The van der Waals surface area contributed by atoms with Crippen molar-refractivity contribution in [1.82, 2.24) is 19.5 Å². The number of aryl methyl sites for hydroxylation is 1. The van der Waals surface area contributed by atoms with Crippen LogP contribution in [-0.4, -0.2) is 24.6 Å².